The van der Waals surface area contributed by atoms with Gasteiger partial charge in [-0.1, -0.05) is 18.2 Å². The summed E-state index contributed by atoms with van der Waals surface area (Å²) in [4.78, 5) is 13.2. The van der Waals surface area contributed by atoms with Crippen LogP contribution in [-0.2, 0) is 26.3 Å². The van der Waals surface area contributed by atoms with Crippen LogP contribution in [-0.4, -0.2) is 19.2 Å². The van der Waals surface area contributed by atoms with E-state index in [1.54, 1.807) is 0 Å². The predicted octanol–water partition coefficient (Wildman–Crippen LogP) is 3.64. The highest BCUT2D eigenvalue weighted by Gasteiger charge is 2.38. The minimum absolute atomic E-state index is 0.196. The van der Waals surface area contributed by atoms with Crippen molar-refractivity contribution in [2.45, 2.75) is 32.3 Å². The predicted molar refractivity (Wildman–Crippen MR) is 80.1 cm³/mol. The zero-order valence-corrected chi connectivity index (χ0v) is 12.6. The van der Waals surface area contributed by atoms with E-state index in [1.165, 1.54) is 20.5 Å². The van der Waals surface area contributed by atoms with Gasteiger partial charge in [0.25, 0.3) is 0 Å². The Morgan fingerprint density at radius 2 is 2.25 bits per heavy atom. The molecule has 0 amide bonds. The van der Waals surface area contributed by atoms with E-state index >= 15 is 0 Å². The van der Waals surface area contributed by atoms with E-state index in [2.05, 4.69) is 12.1 Å². The first kappa shape index (κ1) is 13.6. The molecule has 0 saturated carbocycles. The lowest BCUT2D eigenvalue weighted by molar-refractivity contribution is -0.152. The quantitative estimate of drug-likeness (QED) is 0.810. The van der Waals surface area contributed by atoms with Crippen LogP contribution in [0.5, 0.6) is 0 Å². The number of carbonyl (C=O) groups is 1. The van der Waals surface area contributed by atoms with Gasteiger partial charge in [0, 0.05) is 21.6 Å². The number of hydrogen-bond acceptors (Lipinski definition) is 4. The maximum Gasteiger partial charge on any atom is 0.309 e. The maximum absolute atomic E-state index is 11.9. The van der Waals surface area contributed by atoms with Crippen molar-refractivity contribution in [3.05, 3.63) is 34.7 Å². The molecule has 3 nitrogen and oxygen atoms in total. The average Bonchev–Trinajstić information content (AvgIpc) is 2.78. The molecule has 1 aromatic heterocycles. The molecule has 0 fully saturated rings. The van der Waals surface area contributed by atoms with Gasteiger partial charge in [-0.2, -0.15) is 0 Å². The molecule has 0 spiro atoms. The van der Waals surface area contributed by atoms with Gasteiger partial charge in [-0.25, -0.2) is 0 Å². The molecule has 1 aromatic carbocycles. The van der Waals surface area contributed by atoms with Crippen LogP contribution >= 0.6 is 11.3 Å². The van der Waals surface area contributed by atoms with E-state index in [-0.39, 0.29) is 12.4 Å². The molecule has 20 heavy (non-hydrogen) atoms. The largest absolute Gasteiger partial charge is 0.466 e. The number of esters is 1. The van der Waals surface area contributed by atoms with Crippen LogP contribution in [0.4, 0.5) is 0 Å². The van der Waals surface area contributed by atoms with Crippen LogP contribution in [0.3, 0.4) is 0 Å². The number of ether oxygens (including phenoxy) is 2. The summed E-state index contributed by atoms with van der Waals surface area (Å²) in [6.07, 6.45) is 1.20. The number of rotatable bonds is 3. The number of thiophene rings is 1. The summed E-state index contributed by atoms with van der Waals surface area (Å²) in [5, 5.41) is 1.21. The van der Waals surface area contributed by atoms with Crippen molar-refractivity contribution >= 4 is 27.4 Å². The monoisotopic (exact) mass is 290 g/mol. The van der Waals surface area contributed by atoms with E-state index < -0.39 is 5.60 Å². The van der Waals surface area contributed by atoms with E-state index in [0.29, 0.717) is 13.2 Å². The van der Waals surface area contributed by atoms with Gasteiger partial charge in [0.15, 0.2) is 0 Å². The van der Waals surface area contributed by atoms with Crippen LogP contribution in [0.15, 0.2) is 24.3 Å². The molecule has 0 radical (unpaired) electrons. The zero-order valence-electron chi connectivity index (χ0n) is 11.8. The summed E-state index contributed by atoms with van der Waals surface area (Å²) in [7, 11) is 0. The summed E-state index contributed by atoms with van der Waals surface area (Å²) in [5.41, 5.74) is 0.608. The lowest BCUT2D eigenvalue weighted by Gasteiger charge is -2.34. The average molecular weight is 290 g/mol. The smallest absolute Gasteiger partial charge is 0.309 e. The lowest BCUT2D eigenvalue weighted by atomic mass is 9.87. The molecule has 2 heterocycles. The molecule has 2 aromatic rings. The summed E-state index contributed by atoms with van der Waals surface area (Å²) in [5.74, 6) is -0.196. The Kier molecular flexibility index (Phi) is 3.52. The van der Waals surface area contributed by atoms with Gasteiger partial charge in [-0.15, -0.1) is 11.3 Å². The fourth-order valence-corrected chi connectivity index (χ4v) is 4.23. The summed E-state index contributed by atoms with van der Waals surface area (Å²) >= 11 is 1.81. The standard InChI is InChI=1S/C16H18O3S/c1-3-18-14(17)10-16(2)15-11-6-4-5-7-12(11)20-13(15)8-9-19-16/h4-7H,3,8-10H2,1-2H3. The highest BCUT2D eigenvalue weighted by atomic mass is 32.1. The Morgan fingerprint density at radius 3 is 3.05 bits per heavy atom. The third-order valence-corrected chi connectivity index (χ3v) is 4.96. The molecule has 0 saturated heterocycles. The highest BCUT2D eigenvalue weighted by molar-refractivity contribution is 7.19. The topological polar surface area (TPSA) is 35.5 Å². The van der Waals surface area contributed by atoms with Crippen molar-refractivity contribution in [2.24, 2.45) is 0 Å². The molecule has 1 unspecified atom stereocenters. The van der Waals surface area contributed by atoms with E-state index in [9.17, 15) is 4.79 Å². The van der Waals surface area contributed by atoms with Crippen molar-refractivity contribution in [3.63, 3.8) is 0 Å². The van der Waals surface area contributed by atoms with Crippen LogP contribution in [0.25, 0.3) is 10.1 Å². The minimum atomic E-state index is -0.570. The van der Waals surface area contributed by atoms with Crippen LogP contribution in [0.1, 0.15) is 30.7 Å². The molecular formula is C16H18O3S. The van der Waals surface area contributed by atoms with Crippen molar-refractivity contribution in [1.82, 2.24) is 0 Å². The molecule has 3 rings (SSSR count). The minimum Gasteiger partial charge on any atom is -0.466 e. The van der Waals surface area contributed by atoms with E-state index in [0.717, 1.165) is 6.42 Å². The molecule has 4 heteroatoms. The fourth-order valence-electron chi connectivity index (χ4n) is 2.92. The van der Waals surface area contributed by atoms with Crippen LogP contribution in [0, 0.1) is 0 Å². The molecule has 0 N–H and O–H groups in total. The first-order valence-corrected chi connectivity index (χ1v) is 7.76. The second kappa shape index (κ2) is 5.19. The lowest BCUT2D eigenvalue weighted by Crippen LogP contribution is -2.34. The van der Waals surface area contributed by atoms with Gasteiger partial charge in [-0.05, 0) is 25.3 Å². The second-order valence-corrected chi connectivity index (χ2v) is 6.34. The molecule has 0 bridgehead atoms. The van der Waals surface area contributed by atoms with Crippen molar-refractivity contribution in [2.75, 3.05) is 13.2 Å². The van der Waals surface area contributed by atoms with E-state index in [4.69, 9.17) is 9.47 Å². The number of carbonyl (C=O) groups excluding carboxylic acids is 1. The zero-order chi connectivity index (χ0) is 14.2. The van der Waals surface area contributed by atoms with Gasteiger partial charge in [0.1, 0.15) is 5.60 Å². The van der Waals surface area contributed by atoms with Gasteiger partial charge >= 0.3 is 5.97 Å². The number of hydrogen-bond donors (Lipinski definition) is 0. The SMILES string of the molecule is CCOC(=O)CC1(C)OCCc2sc3ccccc3c21. The second-order valence-electron chi connectivity index (χ2n) is 5.21. The van der Waals surface area contributed by atoms with Crippen LogP contribution < -0.4 is 0 Å². The Labute approximate surface area is 122 Å². The van der Waals surface area contributed by atoms with E-state index in [1.807, 2.05) is 37.3 Å². The molecule has 1 aliphatic rings. The van der Waals surface area contributed by atoms with Gasteiger partial charge < -0.3 is 9.47 Å². The Morgan fingerprint density at radius 1 is 1.45 bits per heavy atom. The molecule has 106 valence electrons. The van der Waals surface area contributed by atoms with Gasteiger partial charge in [0.05, 0.1) is 19.6 Å². The first-order valence-electron chi connectivity index (χ1n) is 6.94. The first-order chi connectivity index (χ1) is 9.64. The molecule has 1 aliphatic heterocycles. The van der Waals surface area contributed by atoms with Gasteiger partial charge in [-0.3, -0.25) is 4.79 Å². The normalized spacial score (nSPS) is 21.7. The summed E-state index contributed by atoms with van der Waals surface area (Å²) < 4.78 is 12.3. The Bertz CT molecular complexity index is 646. The highest BCUT2D eigenvalue weighted by Crippen LogP contribution is 2.44. The third-order valence-electron chi connectivity index (χ3n) is 3.73. The van der Waals surface area contributed by atoms with Crippen molar-refractivity contribution in [3.8, 4) is 0 Å². The Hall–Kier alpha value is -1.39. The van der Waals surface area contributed by atoms with Gasteiger partial charge in [0.2, 0.25) is 0 Å². The molecule has 0 aliphatic carbocycles. The molecular weight excluding hydrogens is 272 g/mol. The Balaban J connectivity index is 2.06. The number of benzene rings is 1. The molecule has 1 atom stereocenters. The van der Waals surface area contributed by atoms with Crippen LogP contribution in [0.2, 0.25) is 0 Å². The third kappa shape index (κ3) is 2.23. The maximum atomic E-state index is 11.9. The van der Waals surface area contributed by atoms with Crippen molar-refractivity contribution < 1.29 is 14.3 Å². The summed E-state index contributed by atoms with van der Waals surface area (Å²) in [6, 6.07) is 8.33. The number of fused-ring (bicyclic) bond motifs is 3. The summed E-state index contributed by atoms with van der Waals surface area (Å²) in [6.45, 7) is 4.90. The van der Waals surface area contributed by atoms with Crippen molar-refractivity contribution in [1.29, 1.82) is 0 Å². The fraction of sp³-hybridized carbons (Fsp3) is 0.438.